The lowest BCUT2D eigenvalue weighted by atomic mass is 10.1. The monoisotopic (exact) mass is 382 g/mol. The molecule has 0 saturated carbocycles. The smallest absolute Gasteiger partial charge is 0.328 e. The molecule has 0 bridgehead atoms. The predicted octanol–water partition coefficient (Wildman–Crippen LogP) is 2.78. The number of benzene rings is 2. The average Bonchev–Trinajstić information content (AvgIpc) is 2.61. The molecule has 4 N–H and O–H groups in total. The highest BCUT2D eigenvalue weighted by Crippen LogP contribution is 2.29. The summed E-state index contributed by atoms with van der Waals surface area (Å²) in [5, 5.41) is 24.0. The lowest BCUT2D eigenvalue weighted by Crippen LogP contribution is -2.15. The van der Waals surface area contributed by atoms with Gasteiger partial charge in [0.15, 0.2) is 0 Å². The van der Waals surface area contributed by atoms with E-state index < -0.39 is 23.8 Å². The molecule has 2 rings (SSSR count). The van der Waals surface area contributed by atoms with Gasteiger partial charge >= 0.3 is 11.9 Å². The van der Waals surface area contributed by atoms with Crippen LogP contribution in [0.3, 0.4) is 0 Å². The van der Waals surface area contributed by atoms with Crippen molar-refractivity contribution in [1.82, 2.24) is 0 Å². The molecule has 0 aliphatic carbocycles. The Labute approximate surface area is 160 Å². The Kier molecular flexibility index (Phi) is 6.28. The first-order valence-electron chi connectivity index (χ1n) is 8.16. The van der Waals surface area contributed by atoms with E-state index >= 15 is 0 Å². The topological polar surface area (TPSA) is 133 Å². The molecule has 0 unspecified atom stereocenters. The predicted molar refractivity (Wildman–Crippen MR) is 104 cm³/mol. The van der Waals surface area contributed by atoms with Crippen molar-refractivity contribution >= 4 is 45.9 Å². The Morgan fingerprint density at radius 1 is 0.714 bits per heavy atom. The van der Waals surface area contributed by atoms with Crippen LogP contribution in [0.4, 0.5) is 11.4 Å². The van der Waals surface area contributed by atoms with Gasteiger partial charge in [-0.15, -0.1) is 0 Å². The van der Waals surface area contributed by atoms with Gasteiger partial charge in [-0.2, -0.15) is 0 Å². The van der Waals surface area contributed by atoms with Crippen molar-refractivity contribution in [1.29, 1.82) is 0 Å². The normalized spacial score (nSPS) is 11.8. The van der Waals surface area contributed by atoms with Crippen molar-refractivity contribution in [3.05, 3.63) is 59.7 Å². The Bertz CT molecular complexity index is 953. The second-order valence-electron chi connectivity index (χ2n) is 5.95. The molecule has 0 aliphatic heterocycles. The molecule has 2 aromatic carbocycles. The largest absolute Gasteiger partial charge is 0.478 e. The maximum atomic E-state index is 12.2. The maximum Gasteiger partial charge on any atom is 0.328 e. The average molecular weight is 382 g/mol. The molecule has 8 heteroatoms. The van der Waals surface area contributed by atoms with Gasteiger partial charge in [-0.3, -0.25) is 9.59 Å². The van der Waals surface area contributed by atoms with E-state index in [0.29, 0.717) is 22.1 Å². The summed E-state index contributed by atoms with van der Waals surface area (Å²) < 4.78 is 0. The molecule has 0 saturated heterocycles. The molecule has 144 valence electrons. The van der Waals surface area contributed by atoms with Crippen LogP contribution < -0.4 is 10.6 Å². The molecule has 0 aromatic heterocycles. The maximum absolute atomic E-state index is 12.2. The van der Waals surface area contributed by atoms with Crippen molar-refractivity contribution in [2.75, 3.05) is 10.6 Å². The third-order valence-corrected chi connectivity index (χ3v) is 3.81. The number of carbonyl (C=O) groups excluding carboxylic acids is 2. The Balaban J connectivity index is 2.37. The van der Waals surface area contributed by atoms with Crippen LogP contribution in [0.25, 0.3) is 10.8 Å². The summed E-state index contributed by atoms with van der Waals surface area (Å²) in [6, 6.07) is 10.1. The summed E-state index contributed by atoms with van der Waals surface area (Å²) in [7, 11) is 0. The van der Waals surface area contributed by atoms with Crippen LogP contribution in [0.15, 0.2) is 59.7 Å². The Morgan fingerprint density at radius 3 is 1.39 bits per heavy atom. The quantitative estimate of drug-likeness (QED) is 0.568. The van der Waals surface area contributed by atoms with E-state index in [-0.39, 0.29) is 11.1 Å². The van der Waals surface area contributed by atoms with E-state index in [4.69, 9.17) is 10.2 Å². The third-order valence-electron chi connectivity index (χ3n) is 3.81. The number of amides is 2. The lowest BCUT2D eigenvalue weighted by molar-refractivity contribution is -0.132. The first kappa shape index (κ1) is 20.4. The molecule has 8 nitrogen and oxygen atoms in total. The standard InChI is InChI=1S/C20H18N2O6/c1-11(9-17(23)24)19(27)21-15-7-3-6-14-13(15)5-4-8-16(14)22-20(28)12(2)10-18(25)26/h3-10H,1-2H3,(H,21,27)(H,22,28)(H,23,24)(H,25,26)/b11-9-,12-10-. The lowest BCUT2D eigenvalue weighted by Gasteiger charge is -2.13. The van der Waals surface area contributed by atoms with Gasteiger partial charge in [-0.1, -0.05) is 24.3 Å². The second-order valence-corrected chi connectivity index (χ2v) is 5.95. The van der Waals surface area contributed by atoms with Gasteiger partial charge in [0.25, 0.3) is 11.8 Å². The number of fused-ring (bicyclic) bond motifs is 1. The highest BCUT2D eigenvalue weighted by atomic mass is 16.4. The number of carboxylic acids is 2. The molecule has 0 radical (unpaired) electrons. The number of aliphatic carboxylic acids is 2. The molecule has 2 amide bonds. The number of hydrogen-bond acceptors (Lipinski definition) is 4. The van der Waals surface area contributed by atoms with Crippen LogP contribution in [-0.4, -0.2) is 34.0 Å². The van der Waals surface area contributed by atoms with E-state index in [1.807, 2.05) is 0 Å². The van der Waals surface area contributed by atoms with Gasteiger partial charge < -0.3 is 20.8 Å². The molecule has 0 fully saturated rings. The molecule has 0 atom stereocenters. The van der Waals surface area contributed by atoms with Crippen LogP contribution >= 0.6 is 0 Å². The number of rotatable bonds is 6. The minimum absolute atomic E-state index is 0.0309. The zero-order valence-electron chi connectivity index (χ0n) is 15.1. The van der Waals surface area contributed by atoms with E-state index in [0.717, 1.165) is 12.2 Å². The fourth-order valence-corrected chi connectivity index (χ4v) is 2.47. The minimum atomic E-state index is -1.22. The Hall–Kier alpha value is -3.94. The minimum Gasteiger partial charge on any atom is -0.478 e. The molecule has 2 aromatic rings. The second kappa shape index (κ2) is 8.63. The fraction of sp³-hybridized carbons (Fsp3) is 0.100. The van der Waals surface area contributed by atoms with E-state index in [9.17, 15) is 19.2 Å². The number of anilines is 2. The van der Waals surface area contributed by atoms with Crippen LogP contribution in [0, 0.1) is 0 Å². The number of nitrogens with one attached hydrogen (secondary N) is 2. The fourth-order valence-electron chi connectivity index (χ4n) is 2.47. The van der Waals surface area contributed by atoms with Gasteiger partial charge in [-0.25, -0.2) is 9.59 Å². The summed E-state index contributed by atoms with van der Waals surface area (Å²) in [6.45, 7) is 2.77. The molecular formula is C20H18N2O6. The highest BCUT2D eigenvalue weighted by molar-refractivity contribution is 6.14. The Morgan fingerprint density at radius 2 is 1.07 bits per heavy atom. The van der Waals surface area contributed by atoms with Crippen LogP contribution in [0.1, 0.15) is 13.8 Å². The summed E-state index contributed by atoms with van der Waals surface area (Å²) in [5.74, 6) is -3.57. The van der Waals surface area contributed by atoms with Crippen LogP contribution in [0.5, 0.6) is 0 Å². The van der Waals surface area contributed by atoms with E-state index in [2.05, 4.69) is 10.6 Å². The number of carboxylic acid groups (broad SMARTS) is 2. The van der Waals surface area contributed by atoms with Crippen molar-refractivity contribution < 1.29 is 29.4 Å². The number of hydrogen-bond donors (Lipinski definition) is 4. The van der Waals surface area contributed by atoms with Gasteiger partial charge in [0.2, 0.25) is 0 Å². The van der Waals surface area contributed by atoms with E-state index in [1.54, 1.807) is 36.4 Å². The van der Waals surface area contributed by atoms with Crippen LogP contribution in [-0.2, 0) is 19.2 Å². The molecule has 0 aliphatic rings. The van der Waals surface area contributed by atoms with Gasteiger partial charge in [0.05, 0.1) is 0 Å². The number of carbonyl (C=O) groups is 4. The summed E-state index contributed by atoms with van der Waals surface area (Å²) >= 11 is 0. The van der Waals surface area contributed by atoms with Gasteiger partial charge in [0, 0.05) is 45.4 Å². The third kappa shape index (κ3) is 5.04. The van der Waals surface area contributed by atoms with Crippen LogP contribution in [0.2, 0.25) is 0 Å². The summed E-state index contributed by atoms with van der Waals surface area (Å²) in [4.78, 5) is 45.8. The first-order chi connectivity index (χ1) is 13.2. The van der Waals surface area contributed by atoms with Crippen molar-refractivity contribution in [2.24, 2.45) is 0 Å². The van der Waals surface area contributed by atoms with E-state index in [1.165, 1.54) is 13.8 Å². The molecule has 0 heterocycles. The molecular weight excluding hydrogens is 364 g/mol. The molecule has 28 heavy (non-hydrogen) atoms. The zero-order valence-corrected chi connectivity index (χ0v) is 15.1. The zero-order chi connectivity index (χ0) is 20.8. The van der Waals surface area contributed by atoms with Gasteiger partial charge in [-0.05, 0) is 26.0 Å². The van der Waals surface area contributed by atoms with Crippen molar-refractivity contribution in [3.8, 4) is 0 Å². The summed E-state index contributed by atoms with van der Waals surface area (Å²) in [5.41, 5.74) is 0.941. The highest BCUT2D eigenvalue weighted by Gasteiger charge is 2.12. The first-order valence-corrected chi connectivity index (χ1v) is 8.16. The van der Waals surface area contributed by atoms with Crippen molar-refractivity contribution in [2.45, 2.75) is 13.8 Å². The SMILES string of the molecule is C/C(=C/C(=O)O)C(=O)Nc1cccc2c(NC(=O)/C(C)=C\C(=O)O)cccc12. The molecule has 0 spiro atoms. The van der Waals surface area contributed by atoms with Gasteiger partial charge in [0.1, 0.15) is 0 Å². The summed E-state index contributed by atoms with van der Waals surface area (Å²) in [6.07, 6.45) is 1.62. The van der Waals surface area contributed by atoms with Crippen molar-refractivity contribution in [3.63, 3.8) is 0 Å².